The van der Waals surface area contributed by atoms with Gasteiger partial charge in [0.1, 0.15) is 27.7 Å². The molecule has 0 atom stereocenters. The number of carboxylic acid groups (broad SMARTS) is 1. The van der Waals surface area contributed by atoms with Crippen molar-refractivity contribution in [1.29, 1.82) is 0 Å². The number of hydrazone groups is 1. The number of ketones is 1. The average Bonchev–Trinajstić information content (AvgIpc) is 2.68. The van der Waals surface area contributed by atoms with Crippen LogP contribution in [0.15, 0.2) is 52.5 Å². The van der Waals surface area contributed by atoms with Crippen LogP contribution in [0.5, 0.6) is 5.75 Å². The van der Waals surface area contributed by atoms with Gasteiger partial charge in [-0.3, -0.25) is 10.2 Å². The first-order chi connectivity index (χ1) is 13.8. The maximum Gasteiger partial charge on any atom is 0.339 e. The molecule has 0 bridgehead atoms. The maximum atomic E-state index is 13.1. The summed E-state index contributed by atoms with van der Waals surface area (Å²) in [7, 11) is -4.45. The van der Waals surface area contributed by atoms with Crippen LogP contribution in [0.2, 0.25) is 0 Å². The Morgan fingerprint density at radius 2 is 1.79 bits per heavy atom. The normalized spacial score (nSPS) is 15.9. The van der Waals surface area contributed by atoms with Gasteiger partial charge in [0.25, 0.3) is 0 Å². The fourth-order valence-corrected chi connectivity index (χ4v) is 3.71. The molecule has 3 rings (SSSR count). The quantitative estimate of drug-likeness (QED) is 0.543. The van der Waals surface area contributed by atoms with Gasteiger partial charge in [-0.2, -0.15) is 13.5 Å². The van der Waals surface area contributed by atoms with Gasteiger partial charge in [0, 0.05) is 6.42 Å². The predicted octanol–water partition coefficient (Wildman–Crippen LogP) is 3.20. The van der Waals surface area contributed by atoms with Gasteiger partial charge in [0.05, 0.1) is 0 Å². The summed E-state index contributed by atoms with van der Waals surface area (Å²) in [4.78, 5) is 23.1. The van der Waals surface area contributed by atoms with Crippen LogP contribution < -0.4 is 9.61 Å². The van der Waals surface area contributed by atoms with E-state index in [1.54, 1.807) is 0 Å². The second-order valence-electron chi connectivity index (χ2n) is 6.28. The predicted molar refractivity (Wildman–Crippen MR) is 102 cm³/mol. The number of carbonyl (C=O) groups excluding carboxylic acids is 1. The molecule has 1 aliphatic carbocycles. The fourth-order valence-electron chi connectivity index (χ4n) is 2.75. The first-order valence-electron chi connectivity index (χ1n) is 8.70. The minimum atomic E-state index is -4.45. The summed E-state index contributed by atoms with van der Waals surface area (Å²) in [6, 6.07) is 7.82. The molecule has 1 fully saturated rings. The number of carboxylic acids is 1. The van der Waals surface area contributed by atoms with Crippen LogP contribution in [0.4, 0.5) is 10.1 Å². The van der Waals surface area contributed by atoms with Crippen LogP contribution in [-0.4, -0.2) is 31.0 Å². The zero-order valence-electron chi connectivity index (χ0n) is 15.1. The van der Waals surface area contributed by atoms with Gasteiger partial charge in [0.15, 0.2) is 11.5 Å². The molecule has 0 spiro atoms. The lowest BCUT2D eigenvalue weighted by atomic mass is 9.97. The van der Waals surface area contributed by atoms with Gasteiger partial charge in [-0.05, 0) is 55.7 Å². The maximum absolute atomic E-state index is 13.1. The Balaban J connectivity index is 1.97. The summed E-state index contributed by atoms with van der Waals surface area (Å²) in [6.07, 6.45) is 2.41. The molecule has 0 amide bonds. The second-order valence-corrected chi connectivity index (χ2v) is 7.83. The van der Waals surface area contributed by atoms with Crippen molar-refractivity contribution >= 4 is 33.3 Å². The molecule has 0 unspecified atom stereocenters. The van der Waals surface area contributed by atoms with Crippen LogP contribution in [0.25, 0.3) is 0 Å². The lowest BCUT2D eigenvalue weighted by Gasteiger charge is -2.15. The summed E-state index contributed by atoms with van der Waals surface area (Å²) in [6.45, 7) is 0. The number of carbonyl (C=O) groups is 2. The Kier molecular flexibility index (Phi) is 5.92. The Morgan fingerprint density at radius 1 is 1.10 bits per heavy atom. The number of aromatic carboxylic acids is 1. The zero-order chi connectivity index (χ0) is 21.0. The lowest BCUT2D eigenvalue weighted by molar-refractivity contribution is -0.113. The summed E-state index contributed by atoms with van der Waals surface area (Å²) in [5.41, 5.74) is 2.38. The van der Waals surface area contributed by atoms with Crippen molar-refractivity contribution in [3.05, 3.63) is 53.8 Å². The summed E-state index contributed by atoms with van der Waals surface area (Å²) in [5.74, 6) is -2.67. The Bertz CT molecular complexity index is 1080. The molecule has 10 heteroatoms. The van der Waals surface area contributed by atoms with Crippen LogP contribution in [0.3, 0.4) is 0 Å². The summed E-state index contributed by atoms with van der Waals surface area (Å²) < 4.78 is 43.2. The summed E-state index contributed by atoms with van der Waals surface area (Å²) >= 11 is 0. The van der Waals surface area contributed by atoms with E-state index in [4.69, 9.17) is 4.18 Å². The Morgan fingerprint density at radius 3 is 2.45 bits per heavy atom. The van der Waals surface area contributed by atoms with Crippen LogP contribution in [0, 0.1) is 5.82 Å². The van der Waals surface area contributed by atoms with E-state index in [1.807, 2.05) is 0 Å². The average molecular weight is 420 g/mol. The number of hydrogen-bond acceptors (Lipinski definition) is 7. The van der Waals surface area contributed by atoms with E-state index in [0.29, 0.717) is 18.6 Å². The highest BCUT2D eigenvalue weighted by atomic mass is 32.2. The van der Waals surface area contributed by atoms with Crippen molar-refractivity contribution in [2.24, 2.45) is 5.10 Å². The van der Waals surface area contributed by atoms with Crippen LogP contribution >= 0.6 is 0 Å². The Labute approximate surface area is 166 Å². The highest BCUT2D eigenvalue weighted by Gasteiger charge is 2.24. The van der Waals surface area contributed by atoms with Gasteiger partial charge in [-0.1, -0.05) is 6.07 Å². The molecule has 2 aromatic rings. The number of hydrogen-bond donors (Lipinski definition) is 2. The number of rotatable bonds is 6. The monoisotopic (exact) mass is 420 g/mol. The molecule has 2 N–H and O–H groups in total. The van der Waals surface area contributed by atoms with E-state index in [-0.39, 0.29) is 16.4 Å². The molecule has 1 saturated carbocycles. The first kappa shape index (κ1) is 20.5. The van der Waals surface area contributed by atoms with Crippen molar-refractivity contribution in [1.82, 2.24) is 0 Å². The third-order valence-electron chi connectivity index (χ3n) is 4.24. The first-order valence-corrected chi connectivity index (χ1v) is 10.1. The highest BCUT2D eigenvalue weighted by Crippen LogP contribution is 2.32. The number of benzene rings is 2. The van der Waals surface area contributed by atoms with E-state index in [1.165, 1.54) is 18.2 Å². The molecule has 0 heterocycles. The smallest absolute Gasteiger partial charge is 0.339 e. The van der Waals surface area contributed by atoms with Crippen LogP contribution in [0.1, 0.15) is 36.0 Å². The number of para-hydroxylation sites is 1. The molecule has 0 aromatic heterocycles. The number of anilines is 1. The lowest BCUT2D eigenvalue weighted by Crippen LogP contribution is -2.20. The van der Waals surface area contributed by atoms with E-state index in [9.17, 15) is 27.5 Å². The van der Waals surface area contributed by atoms with Gasteiger partial charge in [-0.15, -0.1) is 0 Å². The van der Waals surface area contributed by atoms with Gasteiger partial charge in [0.2, 0.25) is 0 Å². The molecule has 0 radical (unpaired) electrons. The molecular weight excluding hydrogens is 403 g/mol. The number of Topliss-reactive ketones (excluding diaryl/α,β-unsaturated/α-hetero) is 1. The van der Waals surface area contributed by atoms with Crippen molar-refractivity contribution in [3.8, 4) is 5.75 Å². The van der Waals surface area contributed by atoms with Crippen molar-refractivity contribution in [3.63, 3.8) is 0 Å². The minimum absolute atomic E-state index is 0.0403. The molecule has 152 valence electrons. The topological polar surface area (TPSA) is 122 Å². The fraction of sp³-hybridized carbons (Fsp3) is 0.211. The van der Waals surface area contributed by atoms with Gasteiger partial charge in [-0.25, -0.2) is 9.18 Å². The summed E-state index contributed by atoms with van der Waals surface area (Å²) in [5, 5.41) is 13.4. The molecule has 29 heavy (non-hydrogen) atoms. The minimum Gasteiger partial charge on any atom is -0.478 e. The number of nitrogens with one attached hydrogen (secondary N) is 1. The van der Waals surface area contributed by atoms with Crippen molar-refractivity contribution in [2.75, 3.05) is 5.43 Å². The zero-order valence-corrected chi connectivity index (χ0v) is 15.9. The molecule has 0 saturated heterocycles. The Hall–Kier alpha value is -3.27. The molecule has 8 nitrogen and oxygen atoms in total. The van der Waals surface area contributed by atoms with E-state index in [2.05, 4.69) is 10.5 Å². The molecule has 0 aliphatic heterocycles. The SMILES string of the molecule is O=C1CCCC/C1=N/Nc1cccc(C(=O)O)c1OS(=O)(=O)c1ccc(F)cc1. The standard InChI is InChI=1S/C19H17FN2O6S/c20-12-8-10-13(11-9-12)29(26,27)28-18-14(19(24)25)4-3-6-16(18)22-21-15-5-1-2-7-17(15)23/h3-4,6,8-11,22H,1-2,5,7H2,(H,24,25)/b21-15-. The molecule has 2 aromatic carbocycles. The van der Waals surface area contributed by atoms with Crippen molar-refractivity contribution in [2.45, 2.75) is 30.6 Å². The van der Waals surface area contributed by atoms with Crippen molar-refractivity contribution < 1.29 is 31.7 Å². The number of halogens is 1. The highest BCUT2D eigenvalue weighted by molar-refractivity contribution is 7.87. The van der Waals surface area contributed by atoms with E-state index < -0.39 is 33.2 Å². The van der Waals surface area contributed by atoms with Gasteiger partial charge >= 0.3 is 16.1 Å². The molecule has 1 aliphatic rings. The van der Waals surface area contributed by atoms with E-state index >= 15 is 0 Å². The van der Waals surface area contributed by atoms with E-state index in [0.717, 1.165) is 37.1 Å². The van der Waals surface area contributed by atoms with Gasteiger partial charge < -0.3 is 9.29 Å². The number of nitrogens with zero attached hydrogens (tertiary/aromatic N) is 1. The molecular formula is C19H17FN2O6S. The third-order valence-corrected chi connectivity index (χ3v) is 5.48. The largest absolute Gasteiger partial charge is 0.478 e. The third kappa shape index (κ3) is 4.77. The second kappa shape index (κ2) is 8.39. The van der Waals surface area contributed by atoms with Crippen LogP contribution in [-0.2, 0) is 14.9 Å².